The number of ether oxygens (including phenoxy) is 1. The predicted molar refractivity (Wildman–Crippen MR) is 98.4 cm³/mol. The molecule has 3 aliphatic carbocycles. The van der Waals surface area contributed by atoms with Gasteiger partial charge in [-0.3, -0.25) is 4.79 Å². The van der Waals surface area contributed by atoms with E-state index in [0.717, 1.165) is 32.1 Å². The lowest BCUT2D eigenvalue weighted by Crippen LogP contribution is -2.83. The Kier molecular flexibility index (Phi) is 5.05. The van der Waals surface area contributed by atoms with E-state index in [9.17, 15) is 14.4 Å². The molecule has 8 heteroatoms. The van der Waals surface area contributed by atoms with Gasteiger partial charge in [-0.2, -0.15) is 5.06 Å². The molecule has 148 valence electrons. The number of hydroxylamine groups is 2. The van der Waals surface area contributed by atoms with Gasteiger partial charge in [0.05, 0.1) is 10.9 Å². The Morgan fingerprint density at radius 2 is 2.15 bits per heavy atom. The monoisotopic (exact) mass is 397 g/mol. The quantitative estimate of drug-likeness (QED) is 0.616. The van der Waals surface area contributed by atoms with Crippen LogP contribution < -0.4 is 15.4 Å². The Morgan fingerprint density at radius 3 is 2.85 bits per heavy atom. The van der Waals surface area contributed by atoms with Crippen LogP contribution in [0.2, 0.25) is 5.02 Å². The fraction of sp³-hybridized carbons (Fsp3) is 0.632. The molecule has 2 bridgehead atoms. The summed E-state index contributed by atoms with van der Waals surface area (Å²) in [6.45, 7) is 2.17. The second-order valence-electron chi connectivity index (χ2n) is 8.18. The number of halogens is 2. The van der Waals surface area contributed by atoms with Gasteiger partial charge >= 0.3 is 0 Å². The van der Waals surface area contributed by atoms with Crippen molar-refractivity contribution in [3.63, 3.8) is 0 Å². The summed E-state index contributed by atoms with van der Waals surface area (Å²) in [6.07, 6.45) is 4.47. The molecule has 6 nitrogen and oxygen atoms in total. The van der Waals surface area contributed by atoms with Crippen molar-refractivity contribution in [2.75, 3.05) is 26.2 Å². The van der Waals surface area contributed by atoms with Crippen molar-refractivity contribution < 1.29 is 19.1 Å². The van der Waals surface area contributed by atoms with Gasteiger partial charge in [0.15, 0.2) is 0 Å². The minimum Gasteiger partial charge on any atom is -0.492 e. The van der Waals surface area contributed by atoms with Crippen LogP contribution in [0.3, 0.4) is 0 Å². The number of carbonyl (C=O) groups is 1. The third-order valence-corrected chi connectivity index (χ3v) is 6.26. The van der Waals surface area contributed by atoms with Crippen molar-refractivity contribution in [2.45, 2.75) is 43.2 Å². The summed E-state index contributed by atoms with van der Waals surface area (Å²) < 4.78 is 18.9. The van der Waals surface area contributed by atoms with E-state index in [2.05, 4.69) is 10.6 Å². The minimum absolute atomic E-state index is 0.0650. The topological polar surface area (TPSA) is 73.8 Å². The maximum absolute atomic E-state index is 13.4. The zero-order chi connectivity index (χ0) is 19.1. The van der Waals surface area contributed by atoms with E-state index in [-0.39, 0.29) is 27.9 Å². The number of amides is 1. The van der Waals surface area contributed by atoms with Crippen LogP contribution in [0.5, 0.6) is 5.75 Å². The van der Waals surface area contributed by atoms with Gasteiger partial charge in [-0.25, -0.2) is 4.39 Å². The molecule has 4 aliphatic rings. The molecule has 3 N–H and O–H groups in total. The smallest absolute Gasteiger partial charge is 0.224 e. The zero-order valence-electron chi connectivity index (χ0n) is 15.1. The van der Waals surface area contributed by atoms with Gasteiger partial charge in [0.25, 0.3) is 0 Å². The maximum atomic E-state index is 13.4. The molecule has 5 rings (SSSR count). The van der Waals surface area contributed by atoms with Crippen LogP contribution in [-0.2, 0) is 4.79 Å². The molecule has 0 spiro atoms. The van der Waals surface area contributed by atoms with E-state index in [1.165, 1.54) is 17.2 Å². The van der Waals surface area contributed by atoms with Gasteiger partial charge in [-0.05, 0) is 44.2 Å². The summed E-state index contributed by atoms with van der Waals surface area (Å²) in [6, 6.07) is 4.41. The molecule has 1 saturated heterocycles. The van der Waals surface area contributed by atoms with Gasteiger partial charge in [-0.15, -0.1) is 0 Å². The number of rotatable bonds is 7. The third kappa shape index (κ3) is 3.92. The van der Waals surface area contributed by atoms with Gasteiger partial charge in [0.1, 0.15) is 18.2 Å². The molecule has 27 heavy (non-hydrogen) atoms. The molecule has 1 aromatic rings. The number of piperidine rings is 1. The molecule has 1 atom stereocenters. The fourth-order valence-electron chi connectivity index (χ4n) is 4.69. The maximum Gasteiger partial charge on any atom is 0.224 e. The van der Waals surface area contributed by atoms with Crippen LogP contribution in [-0.4, -0.2) is 53.5 Å². The van der Waals surface area contributed by atoms with Crippen molar-refractivity contribution in [3.8, 4) is 5.75 Å². The molecule has 4 fully saturated rings. The number of hydrogen-bond acceptors (Lipinski definition) is 5. The van der Waals surface area contributed by atoms with Crippen molar-refractivity contribution in [1.82, 2.24) is 15.7 Å². The summed E-state index contributed by atoms with van der Waals surface area (Å²) in [7, 11) is 0. The highest BCUT2D eigenvalue weighted by Gasteiger charge is 2.68. The summed E-state index contributed by atoms with van der Waals surface area (Å²) in [5.74, 6) is -0.0723. The lowest BCUT2D eigenvalue weighted by Gasteiger charge is -2.71. The van der Waals surface area contributed by atoms with E-state index in [1.807, 2.05) is 0 Å². The van der Waals surface area contributed by atoms with E-state index in [4.69, 9.17) is 16.3 Å². The predicted octanol–water partition coefficient (Wildman–Crippen LogP) is 2.34. The number of hydrogen-bond donors (Lipinski definition) is 3. The summed E-state index contributed by atoms with van der Waals surface area (Å²) >= 11 is 5.65. The van der Waals surface area contributed by atoms with Gasteiger partial charge < -0.3 is 20.6 Å². The Morgan fingerprint density at radius 1 is 1.37 bits per heavy atom. The van der Waals surface area contributed by atoms with E-state index in [1.54, 1.807) is 6.07 Å². The first-order chi connectivity index (χ1) is 12.9. The van der Waals surface area contributed by atoms with Crippen LogP contribution >= 0.6 is 11.6 Å². The number of nitrogens with zero attached hydrogens (tertiary/aromatic N) is 1. The fourth-order valence-corrected chi connectivity index (χ4v) is 4.81. The molecule has 1 unspecified atom stereocenters. The first-order valence-electron chi connectivity index (χ1n) is 9.48. The number of carbonyl (C=O) groups excluding carboxylic acids is 1. The lowest BCUT2D eigenvalue weighted by atomic mass is 9.44. The first-order valence-corrected chi connectivity index (χ1v) is 9.85. The Hall–Kier alpha value is -1.41. The number of nitrogens with one attached hydrogen (secondary N) is 2. The van der Waals surface area contributed by atoms with Crippen molar-refractivity contribution in [2.24, 2.45) is 5.92 Å². The normalized spacial score (nSPS) is 32.3. The van der Waals surface area contributed by atoms with Crippen molar-refractivity contribution in [1.29, 1.82) is 0 Å². The molecule has 0 aromatic heterocycles. The molecule has 1 aliphatic heterocycles. The average Bonchev–Trinajstić information content (AvgIpc) is 2.57. The molecule has 0 radical (unpaired) electrons. The van der Waals surface area contributed by atoms with E-state index >= 15 is 0 Å². The second-order valence-corrected chi connectivity index (χ2v) is 8.59. The highest BCUT2D eigenvalue weighted by atomic mass is 35.5. The van der Waals surface area contributed by atoms with Crippen molar-refractivity contribution >= 4 is 17.5 Å². The van der Waals surface area contributed by atoms with Crippen molar-refractivity contribution in [3.05, 3.63) is 29.0 Å². The van der Waals surface area contributed by atoms with E-state index in [0.29, 0.717) is 32.0 Å². The summed E-state index contributed by atoms with van der Waals surface area (Å²) in [4.78, 5) is 12.4. The summed E-state index contributed by atoms with van der Waals surface area (Å²) in [5.41, 5.74) is 0.0272. The SMILES string of the molecule is O=C(NC12CC(NCCOc3ccc(Cl)c(F)c3)(C1)C2)C1CCCN(O)C1. The molecule has 1 aromatic carbocycles. The number of benzene rings is 1. The van der Waals surface area contributed by atoms with Gasteiger partial charge in [0.2, 0.25) is 5.91 Å². The van der Waals surface area contributed by atoms with Crippen LogP contribution in [0.25, 0.3) is 0 Å². The molecule has 1 amide bonds. The van der Waals surface area contributed by atoms with Crippen LogP contribution in [0.15, 0.2) is 18.2 Å². The molecule has 1 heterocycles. The first kappa shape index (κ1) is 18.9. The Labute approximate surface area is 163 Å². The molecular weight excluding hydrogens is 373 g/mol. The van der Waals surface area contributed by atoms with Gasteiger partial charge in [-0.1, -0.05) is 11.6 Å². The highest BCUT2D eigenvalue weighted by Crippen LogP contribution is 2.60. The second kappa shape index (κ2) is 7.20. The van der Waals surface area contributed by atoms with Crippen LogP contribution in [0.4, 0.5) is 4.39 Å². The minimum atomic E-state index is -0.485. The van der Waals surface area contributed by atoms with E-state index < -0.39 is 5.82 Å². The standard InChI is InChI=1S/C19H25ClFN3O3/c20-15-4-3-14(8-16(15)21)27-7-5-22-18-10-19(11-18,12-18)23-17(25)13-2-1-6-24(26)9-13/h3-4,8,13,22,26H,1-2,5-7,9-12H2,(H,23,25). The zero-order valence-corrected chi connectivity index (χ0v) is 15.9. The Bertz CT molecular complexity index is 712. The molecule has 3 saturated carbocycles. The van der Waals surface area contributed by atoms with Gasteiger partial charge in [0, 0.05) is 36.8 Å². The van der Waals surface area contributed by atoms with Crippen LogP contribution in [0.1, 0.15) is 32.1 Å². The van der Waals surface area contributed by atoms with Crippen LogP contribution in [0, 0.1) is 11.7 Å². The Balaban J connectivity index is 1.15. The highest BCUT2D eigenvalue weighted by molar-refractivity contribution is 6.30. The largest absolute Gasteiger partial charge is 0.492 e. The average molecular weight is 398 g/mol. The summed E-state index contributed by atoms with van der Waals surface area (Å²) in [5, 5.41) is 17.6. The third-order valence-electron chi connectivity index (χ3n) is 5.95. The lowest BCUT2D eigenvalue weighted by molar-refractivity contribution is -0.156. The molecular formula is C19H25ClFN3O3.